The predicted octanol–water partition coefficient (Wildman–Crippen LogP) is 8.89. The molecular weight excluding hydrogens is 513 g/mol. The molecule has 0 radical (unpaired) electrons. The SMILES string of the molecule is CCCCC(=Cc1nc(-c2ccnc(Nc3cc(C(F)(F)F)ccn3)c2)nc2cncc(C3CCC3)c12)CCC. The van der Waals surface area contributed by atoms with Crippen LogP contribution in [0.1, 0.15) is 88.0 Å². The molecule has 0 amide bonds. The van der Waals surface area contributed by atoms with Gasteiger partial charge in [-0.1, -0.05) is 38.7 Å². The van der Waals surface area contributed by atoms with Crippen molar-refractivity contribution in [3.8, 4) is 11.4 Å². The summed E-state index contributed by atoms with van der Waals surface area (Å²) in [5, 5.41) is 3.95. The molecule has 0 saturated heterocycles. The van der Waals surface area contributed by atoms with Gasteiger partial charge in [-0.3, -0.25) is 4.98 Å². The zero-order valence-corrected chi connectivity index (χ0v) is 22.8. The molecule has 40 heavy (non-hydrogen) atoms. The maximum absolute atomic E-state index is 13.2. The first-order chi connectivity index (χ1) is 19.4. The summed E-state index contributed by atoms with van der Waals surface area (Å²) in [5.74, 6) is 1.39. The second-order valence-corrected chi connectivity index (χ2v) is 10.3. The van der Waals surface area contributed by atoms with Crippen LogP contribution in [0.3, 0.4) is 0 Å². The Balaban J connectivity index is 1.57. The Hall–Kier alpha value is -3.88. The molecule has 1 aliphatic carbocycles. The van der Waals surface area contributed by atoms with Crippen LogP contribution in [0.25, 0.3) is 28.4 Å². The Morgan fingerprint density at radius 1 is 0.975 bits per heavy atom. The van der Waals surface area contributed by atoms with Gasteiger partial charge in [0.1, 0.15) is 11.6 Å². The summed E-state index contributed by atoms with van der Waals surface area (Å²) in [5.41, 5.74) is 4.18. The van der Waals surface area contributed by atoms with E-state index in [1.165, 1.54) is 17.6 Å². The minimum Gasteiger partial charge on any atom is -0.325 e. The molecular formula is C31H33F3N6. The second kappa shape index (κ2) is 12.1. The van der Waals surface area contributed by atoms with Crippen LogP contribution in [0.5, 0.6) is 0 Å². The summed E-state index contributed by atoms with van der Waals surface area (Å²) < 4.78 is 39.5. The Bertz CT molecular complexity index is 1510. The van der Waals surface area contributed by atoms with Gasteiger partial charge in [-0.05, 0) is 73.9 Å². The fraction of sp³-hybridized carbons (Fsp3) is 0.387. The molecule has 1 fully saturated rings. The summed E-state index contributed by atoms with van der Waals surface area (Å²) in [6, 6.07) is 5.42. The highest BCUT2D eigenvalue weighted by Crippen LogP contribution is 2.40. The Morgan fingerprint density at radius 3 is 2.45 bits per heavy atom. The maximum Gasteiger partial charge on any atom is 0.416 e. The number of alkyl halides is 3. The van der Waals surface area contributed by atoms with Crippen molar-refractivity contribution in [1.29, 1.82) is 0 Å². The van der Waals surface area contributed by atoms with Crippen LogP contribution in [0.2, 0.25) is 0 Å². The van der Waals surface area contributed by atoms with Gasteiger partial charge in [-0.25, -0.2) is 19.9 Å². The quantitative estimate of drug-likeness (QED) is 0.214. The lowest BCUT2D eigenvalue weighted by molar-refractivity contribution is -0.137. The van der Waals surface area contributed by atoms with E-state index in [9.17, 15) is 13.2 Å². The number of nitrogens with one attached hydrogen (secondary N) is 1. The van der Waals surface area contributed by atoms with E-state index in [2.05, 4.69) is 40.2 Å². The van der Waals surface area contributed by atoms with E-state index in [4.69, 9.17) is 9.97 Å². The van der Waals surface area contributed by atoms with Gasteiger partial charge in [0.05, 0.1) is 23.0 Å². The first-order valence-corrected chi connectivity index (χ1v) is 14.0. The molecule has 1 saturated carbocycles. The van der Waals surface area contributed by atoms with Crippen LogP contribution in [-0.2, 0) is 6.18 Å². The van der Waals surface area contributed by atoms with Crippen molar-refractivity contribution in [3.05, 3.63) is 71.4 Å². The van der Waals surface area contributed by atoms with Crippen molar-refractivity contribution >= 4 is 28.6 Å². The van der Waals surface area contributed by atoms with Crippen molar-refractivity contribution in [2.24, 2.45) is 0 Å². The zero-order valence-electron chi connectivity index (χ0n) is 22.8. The van der Waals surface area contributed by atoms with Crippen LogP contribution in [0.15, 0.2) is 54.6 Å². The fourth-order valence-corrected chi connectivity index (χ4v) is 5.03. The highest BCUT2D eigenvalue weighted by atomic mass is 19.4. The Morgan fingerprint density at radius 2 is 1.75 bits per heavy atom. The lowest BCUT2D eigenvalue weighted by Crippen LogP contribution is -2.11. The third-order valence-corrected chi connectivity index (χ3v) is 7.33. The summed E-state index contributed by atoms with van der Waals surface area (Å²) in [6.07, 6.45) is 13.1. The summed E-state index contributed by atoms with van der Waals surface area (Å²) in [6.45, 7) is 4.39. The van der Waals surface area contributed by atoms with E-state index in [0.717, 1.165) is 79.9 Å². The maximum atomic E-state index is 13.2. The van der Waals surface area contributed by atoms with Crippen LogP contribution >= 0.6 is 0 Å². The van der Waals surface area contributed by atoms with E-state index in [0.29, 0.717) is 23.1 Å². The molecule has 0 bridgehead atoms. The number of allylic oxidation sites excluding steroid dienone is 1. The van der Waals surface area contributed by atoms with Gasteiger partial charge in [-0.2, -0.15) is 13.2 Å². The average Bonchev–Trinajstić information content (AvgIpc) is 2.90. The number of anilines is 2. The first kappa shape index (κ1) is 27.7. The number of rotatable bonds is 10. The molecule has 4 heterocycles. The molecule has 0 aliphatic heterocycles. The van der Waals surface area contributed by atoms with Crippen molar-refractivity contribution in [3.63, 3.8) is 0 Å². The Kier molecular flexibility index (Phi) is 8.38. The third-order valence-electron chi connectivity index (χ3n) is 7.33. The van der Waals surface area contributed by atoms with Gasteiger partial charge in [0, 0.05) is 29.5 Å². The van der Waals surface area contributed by atoms with Crippen molar-refractivity contribution in [1.82, 2.24) is 24.9 Å². The van der Waals surface area contributed by atoms with E-state index in [-0.39, 0.29) is 5.82 Å². The van der Waals surface area contributed by atoms with Crippen molar-refractivity contribution < 1.29 is 13.2 Å². The number of hydrogen-bond acceptors (Lipinski definition) is 6. The molecule has 4 aromatic rings. The summed E-state index contributed by atoms with van der Waals surface area (Å²) in [4.78, 5) is 22.8. The van der Waals surface area contributed by atoms with Gasteiger partial charge in [0.15, 0.2) is 5.82 Å². The van der Waals surface area contributed by atoms with E-state index >= 15 is 0 Å². The number of hydrogen-bond donors (Lipinski definition) is 1. The zero-order chi connectivity index (χ0) is 28.1. The molecule has 9 heteroatoms. The number of unbranched alkanes of at least 4 members (excludes halogenated alkanes) is 1. The van der Waals surface area contributed by atoms with Gasteiger partial charge < -0.3 is 5.32 Å². The number of halogens is 3. The van der Waals surface area contributed by atoms with Gasteiger partial charge in [0.25, 0.3) is 0 Å². The highest BCUT2D eigenvalue weighted by Gasteiger charge is 2.30. The Labute approximate surface area is 232 Å². The molecule has 0 aromatic carbocycles. The van der Waals surface area contributed by atoms with Crippen LogP contribution in [0, 0.1) is 0 Å². The monoisotopic (exact) mass is 546 g/mol. The number of fused-ring (bicyclic) bond motifs is 1. The van der Waals surface area contributed by atoms with E-state index in [1.807, 2.05) is 6.20 Å². The van der Waals surface area contributed by atoms with Gasteiger partial charge in [0.2, 0.25) is 0 Å². The smallest absolute Gasteiger partial charge is 0.325 e. The number of nitrogens with zero attached hydrogens (tertiary/aromatic N) is 5. The molecule has 5 rings (SSSR count). The van der Waals surface area contributed by atoms with Crippen LogP contribution in [-0.4, -0.2) is 24.9 Å². The second-order valence-electron chi connectivity index (χ2n) is 10.3. The van der Waals surface area contributed by atoms with Crippen LogP contribution < -0.4 is 5.32 Å². The van der Waals surface area contributed by atoms with Crippen molar-refractivity contribution in [2.75, 3.05) is 5.32 Å². The molecule has 1 aliphatic rings. The summed E-state index contributed by atoms with van der Waals surface area (Å²) in [7, 11) is 0. The molecule has 0 unspecified atom stereocenters. The number of aromatic nitrogens is 5. The first-order valence-electron chi connectivity index (χ1n) is 14.0. The lowest BCUT2D eigenvalue weighted by atomic mass is 9.79. The van der Waals surface area contributed by atoms with Crippen molar-refractivity contribution in [2.45, 2.75) is 77.3 Å². The van der Waals surface area contributed by atoms with E-state index < -0.39 is 11.7 Å². The highest BCUT2D eigenvalue weighted by molar-refractivity contribution is 5.91. The molecule has 0 atom stereocenters. The molecule has 1 N–H and O–H groups in total. The average molecular weight is 547 g/mol. The predicted molar refractivity (Wildman–Crippen MR) is 152 cm³/mol. The van der Waals surface area contributed by atoms with Gasteiger partial charge >= 0.3 is 6.18 Å². The largest absolute Gasteiger partial charge is 0.416 e. The topological polar surface area (TPSA) is 76.5 Å². The summed E-state index contributed by atoms with van der Waals surface area (Å²) >= 11 is 0. The minimum atomic E-state index is -4.46. The fourth-order valence-electron chi connectivity index (χ4n) is 5.03. The molecule has 6 nitrogen and oxygen atoms in total. The number of pyridine rings is 3. The normalized spacial score (nSPS) is 14.4. The lowest BCUT2D eigenvalue weighted by Gasteiger charge is -2.27. The van der Waals surface area contributed by atoms with Crippen LogP contribution in [0.4, 0.5) is 24.8 Å². The standard InChI is InChI=1S/C31H33F3N6/c1-3-5-8-20(7-4-2)15-25-29-24(21-9-6-10-21)18-35-19-26(29)39-30(38-25)22-11-13-36-27(16-22)40-28-17-23(12-14-37-28)31(32,33)34/h11-19,21H,3-10H2,1-2H3,(H,36,37,40). The molecule has 4 aromatic heterocycles. The molecule has 208 valence electrons. The third kappa shape index (κ3) is 6.29. The van der Waals surface area contributed by atoms with Gasteiger partial charge in [-0.15, -0.1) is 0 Å². The minimum absolute atomic E-state index is 0.0528. The van der Waals surface area contributed by atoms with E-state index in [1.54, 1.807) is 24.5 Å². The molecule has 0 spiro atoms.